The van der Waals surface area contributed by atoms with E-state index in [0.29, 0.717) is 0 Å². The Morgan fingerprint density at radius 1 is 0.909 bits per heavy atom. The Morgan fingerprint density at radius 2 is 1.09 bits per heavy atom. The van der Waals surface area contributed by atoms with Crippen molar-refractivity contribution in [2.75, 3.05) is 0 Å². The van der Waals surface area contributed by atoms with Gasteiger partial charge in [-0.25, -0.2) is 9.59 Å². The van der Waals surface area contributed by atoms with E-state index in [1.807, 2.05) is 0 Å². The van der Waals surface area contributed by atoms with Crippen LogP contribution in [-0.4, -0.2) is 68.5 Å². The number of rotatable bonds is 3. The minimum absolute atomic E-state index is 0. The molecule has 0 fully saturated rings. The molecular formula is C4H8O6Sn. The normalized spacial score (nSPS) is 14.4. The van der Waals surface area contributed by atoms with Gasteiger partial charge in [0.1, 0.15) is 0 Å². The van der Waals surface area contributed by atoms with Crippen LogP contribution < -0.4 is 0 Å². The summed E-state index contributed by atoms with van der Waals surface area (Å²) in [7, 11) is 0. The zero-order chi connectivity index (χ0) is 8.31. The number of aliphatic hydroxyl groups excluding tert-OH is 2. The van der Waals surface area contributed by atoms with E-state index in [9.17, 15) is 9.59 Å². The number of hydrogen-bond donors (Lipinski definition) is 4. The van der Waals surface area contributed by atoms with Gasteiger partial charge in [0, 0.05) is 0 Å². The van der Waals surface area contributed by atoms with Crippen LogP contribution >= 0.6 is 0 Å². The first-order valence-corrected chi connectivity index (χ1v) is 2.28. The third-order valence-electron chi connectivity index (χ3n) is 0.805. The van der Waals surface area contributed by atoms with Crippen molar-refractivity contribution < 1.29 is 30.0 Å². The zero-order valence-electron chi connectivity index (χ0n) is 5.47. The Morgan fingerprint density at radius 3 is 1.18 bits per heavy atom. The van der Waals surface area contributed by atoms with Crippen LogP contribution in [0.5, 0.6) is 0 Å². The van der Waals surface area contributed by atoms with E-state index in [0.717, 1.165) is 0 Å². The quantitative estimate of drug-likeness (QED) is 0.406. The molecule has 7 heteroatoms. The van der Waals surface area contributed by atoms with Crippen LogP contribution in [0.3, 0.4) is 0 Å². The van der Waals surface area contributed by atoms with Crippen molar-refractivity contribution in [1.82, 2.24) is 0 Å². The van der Waals surface area contributed by atoms with Crippen LogP contribution in [0, 0.1) is 0 Å². The average molecular weight is 271 g/mol. The van der Waals surface area contributed by atoms with Gasteiger partial charge in [0.2, 0.25) is 0 Å². The third-order valence-corrected chi connectivity index (χ3v) is 0.805. The van der Waals surface area contributed by atoms with Gasteiger partial charge in [0.15, 0.2) is 12.2 Å². The Hall–Kier alpha value is -0.341. The van der Waals surface area contributed by atoms with Crippen molar-refractivity contribution in [3.8, 4) is 0 Å². The summed E-state index contributed by atoms with van der Waals surface area (Å²) in [5.41, 5.74) is 0. The molecule has 0 aliphatic carbocycles. The summed E-state index contributed by atoms with van der Waals surface area (Å²) in [4.78, 5) is 19.5. The number of carboxylic acid groups (broad SMARTS) is 2. The molecule has 0 rings (SSSR count). The summed E-state index contributed by atoms with van der Waals surface area (Å²) in [5, 5.41) is 32.5. The summed E-state index contributed by atoms with van der Waals surface area (Å²) in [5.74, 6) is -3.54. The second-order valence-corrected chi connectivity index (χ2v) is 1.57. The number of carboxylic acids is 2. The molecule has 11 heavy (non-hydrogen) atoms. The van der Waals surface area contributed by atoms with Gasteiger partial charge in [-0.1, -0.05) is 0 Å². The Kier molecular flexibility index (Phi) is 6.42. The van der Waals surface area contributed by atoms with E-state index in [1.54, 1.807) is 0 Å². The first-order valence-electron chi connectivity index (χ1n) is 2.28. The molecule has 0 saturated carbocycles. The van der Waals surface area contributed by atoms with Gasteiger partial charge in [-0.15, -0.1) is 0 Å². The molecule has 0 unspecified atom stereocenters. The summed E-state index contributed by atoms with van der Waals surface area (Å²) in [6.45, 7) is 0. The standard InChI is InChI=1S/C4H6O6.Sn.2H/c5-1(3(7)8)2(6)4(9)10;;;/h1-2,5-6H,(H,7,8)(H,9,10);;;/t1-,2-;;;/m1.../s1. The third kappa shape index (κ3) is 4.17. The molecule has 2 atom stereocenters. The molecule has 2 radical (unpaired) electrons. The van der Waals surface area contributed by atoms with Crippen LogP contribution in [0.4, 0.5) is 0 Å². The van der Waals surface area contributed by atoms with Crippen LogP contribution in [0.15, 0.2) is 0 Å². The van der Waals surface area contributed by atoms with Crippen molar-refractivity contribution >= 4 is 35.8 Å². The zero-order valence-corrected chi connectivity index (χ0v) is 9.50. The van der Waals surface area contributed by atoms with Crippen molar-refractivity contribution in [1.29, 1.82) is 0 Å². The summed E-state index contributed by atoms with van der Waals surface area (Å²) >= 11 is 0. The molecule has 6 nitrogen and oxygen atoms in total. The number of aliphatic hydroxyl groups is 2. The molecular weight excluding hydrogens is 263 g/mol. The monoisotopic (exact) mass is 272 g/mol. The van der Waals surface area contributed by atoms with E-state index in [-0.39, 0.29) is 23.9 Å². The average Bonchev–Trinajstić information content (AvgIpc) is 1.84. The Labute approximate surface area is 78.4 Å². The Balaban J connectivity index is 0. The predicted octanol–water partition coefficient (Wildman–Crippen LogP) is -3.04. The number of carbonyl (C=O) groups is 2. The van der Waals surface area contributed by atoms with Gasteiger partial charge in [0.25, 0.3) is 0 Å². The molecule has 64 valence electrons. The second kappa shape index (κ2) is 5.33. The molecule has 0 saturated heterocycles. The van der Waals surface area contributed by atoms with Gasteiger partial charge in [-0.05, 0) is 0 Å². The molecule has 0 spiro atoms. The molecule has 4 N–H and O–H groups in total. The van der Waals surface area contributed by atoms with Crippen LogP contribution in [0.2, 0.25) is 0 Å². The van der Waals surface area contributed by atoms with E-state index < -0.39 is 24.1 Å². The Bertz CT molecular complexity index is 139. The maximum atomic E-state index is 9.77. The van der Waals surface area contributed by atoms with E-state index in [4.69, 9.17) is 20.4 Å². The van der Waals surface area contributed by atoms with Gasteiger partial charge >= 0.3 is 35.8 Å². The second-order valence-electron chi connectivity index (χ2n) is 1.57. The molecule has 0 aliphatic rings. The molecule has 0 aliphatic heterocycles. The SMILES string of the molecule is O=C(O)[C@H](O)[C@@H](O)C(=O)O.[SnH2]. The summed E-state index contributed by atoms with van der Waals surface area (Å²) < 4.78 is 0. The van der Waals surface area contributed by atoms with Crippen molar-refractivity contribution in [2.45, 2.75) is 12.2 Å². The fourth-order valence-corrected chi connectivity index (χ4v) is 0.270. The first kappa shape index (κ1) is 13.3. The minimum atomic E-state index is -2.27. The van der Waals surface area contributed by atoms with E-state index >= 15 is 0 Å². The van der Waals surface area contributed by atoms with E-state index in [2.05, 4.69) is 0 Å². The molecule has 0 aromatic rings. The van der Waals surface area contributed by atoms with Crippen molar-refractivity contribution in [3.05, 3.63) is 0 Å². The van der Waals surface area contributed by atoms with Gasteiger partial charge in [-0.3, -0.25) is 0 Å². The molecule has 0 heterocycles. The van der Waals surface area contributed by atoms with Crippen molar-refractivity contribution in [3.63, 3.8) is 0 Å². The van der Waals surface area contributed by atoms with Gasteiger partial charge in [0.05, 0.1) is 0 Å². The summed E-state index contributed by atoms with van der Waals surface area (Å²) in [6, 6.07) is 0. The fraction of sp³-hybridized carbons (Fsp3) is 0.500. The number of hydrogen-bond acceptors (Lipinski definition) is 4. The molecule has 0 aromatic heterocycles. The predicted molar refractivity (Wildman–Crippen MR) is 35.8 cm³/mol. The van der Waals surface area contributed by atoms with Gasteiger partial charge in [-0.2, -0.15) is 0 Å². The van der Waals surface area contributed by atoms with Crippen LogP contribution in [-0.2, 0) is 9.59 Å². The maximum absolute atomic E-state index is 9.77. The number of aliphatic carboxylic acids is 2. The van der Waals surface area contributed by atoms with Crippen molar-refractivity contribution in [2.24, 2.45) is 0 Å². The molecule has 0 amide bonds. The van der Waals surface area contributed by atoms with Gasteiger partial charge < -0.3 is 20.4 Å². The van der Waals surface area contributed by atoms with E-state index in [1.165, 1.54) is 0 Å². The summed E-state index contributed by atoms with van der Waals surface area (Å²) in [6.07, 6.45) is -4.53. The van der Waals surface area contributed by atoms with Crippen LogP contribution in [0.1, 0.15) is 0 Å². The first-order chi connectivity index (χ1) is 4.46. The molecule has 0 bridgehead atoms. The fourth-order valence-electron chi connectivity index (χ4n) is 0.270. The van der Waals surface area contributed by atoms with Crippen LogP contribution in [0.25, 0.3) is 0 Å². The topological polar surface area (TPSA) is 115 Å². The molecule has 0 aromatic carbocycles.